The average Bonchev–Trinajstić information content (AvgIpc) is 2.48. The highest BCUT2D eigenvalue weighted by atomic mass is 35.5. The zero-order valence-corrected chi connectivity index (χ0v) is 16.2. The smallest absolute Gasteiger partial charge is 0.244 e. The van der Waals surface area contributed by atoms with Crippen LogP contribution in [0.5, 0.6) is 0 Å². The summed E-state index contributed by atoms with van der Waals surface area (Å²) in [5.74, 6) is -0.708. The molecule has 9 heteroatoms. The van der Waals surface area contributed by atoms with Crippen molar-refractivity contribution in [1.29, 1.82) is 0 Å². The Bertz CT molecular complexity index is 698. The molecule has 0 aliphatic carbocycles. The van der Waals surface area contributed by atoms with Crippen LogP contribution in [0, 0.1) is 11.7 Å². The van der Waals surface area contributed by atoms with Crippen molar-refractivity contribution in [1.82, 2.24) is 9.62 Å². The van der Waals surface area contributed by atoms with Crippen LogP contribution in [0.25, 0.3) is 0 Å². The minimum Gasteiger partial charge on any atom is -0.368 e. The van der Waals surface area contributed by atoms with E-state index in [0.29, 0.717) is 25.3 Å². The van der Waals surface area contributed by atoms with Gasteiger partial charge in [0, 0.05) is 13.6 Å². The second-order valence-corrected chi connectivity index (χ2v) is 8.71. The lowest BCUT2D eigenvalue weighted by atomic mass is 10.0. The summed E-state index contributed by atoms with van der Waals surface area (Å²) in [6.45, 7) is 4.64. The number of amides is 1. The summed E-state index contributed by atoms with van der Waals surface area (Å²) in [7, 11) is -2.38. The Hall–Kier alpha value is -1.22. The Kier molecular flexibility index (Phi) is 8.27. The summed E-state index contributed by atoms with van der Waals surface area (Å²) in [6.07, 6.45) is 1.10. The number of benzene rings is 1. The largest absolute Gasteiger partial charge is 0.368 e. The highest BCUT2D eigenvalue weighted by Crippen LogP contribution is 2.24. The van der Waals surface area contributed by atoms with E-state index in [1.165, 1.54) is 7.05 Å². The van der Waals surface area contributed by atoms with E-state index in [1.54, 1.807) is 0 Å². The normalized spacial score (nSPS) is 13.4. The molecule has 0 heterocycles. The van der Waals surface area contributed by atoms with Crippen LogP contribution in [-0.4, -0.2) is 44.8 Å². The van der Waals surface area contributed by atoms with E-state index in [4.69, 9.17) is 17.3 Å². The molecule has 0 saturated heterocycles. The molecule has 1 rings (SSSR count). The van der Waals surface area contributed by atoms with Crippen LogP contribution >= 0.6 is 11.6 Å². The molecule has 0 aromatic heterocycles. The van der Waals surface area contributed by atoms with Crippen LogP contribution in [0.2, 0.25) is 5.02 Å². The van der Waals surface area contributed by atoms with Crippen LogP contribution in [-0.2, 0) is 14.8 Å². The zero-order chi connectivity index (χ0) is 19.2. The number of carbonyl (C=O) groups excluding carboxylic acids is 1. The van der Waals surface area contributed by atoms with E-state index >= 15 is 0 Å². The first kappa shape index (κ1) is 21.8. The molecule has 0 fully saturated rings. The maximum atomic E-state index is 13.1. The summed E-state index contributed by atoms with van der Waals surface area (Å²) >= 11 is 5.83. The number of primary amides is 1. The second-order valence-electron chi connectivity index (χ2n) is 6.29. The van der Waals surface area contributed by atoms with Gasteiger partial charge in [-0.3, -0.25) is 4.79 Å². The van der Waals surface area contributed by atoms with Gasteiger partial charge in [-0.2, -0.15) is 0 Å². The van der Waals surface area contributed by atoms with Gasteiger partial charge < -0.3 is 11.1 Å². The molecule has 0 spiro atoms. The third-order valence-corrected chi connectivity index (χ3v) is 6.01. The van der Waals surface area contributed by atoms with Gasteiger partial charge in [-0.15, -0.1) is 0 Å². The van der Waals surface area contributed by atoms with Crippen molar-refractivity contribution >= 4 is 27.5 Å². The molecule has 0 aliphatic rings. The minimum atomic E-state index is -3.81. The van der Waals surface area contributed by atoms with Crippen molar-refractivity contribution < 1.29 is 17.6 Å². The fourth-order valence-corrected chi connectivity index (χ4v) is 4.03. The molecular weight excluding hydrogens is 369 g/mol. The molecule has 0 unspecified atom stereocenters. The van der Waals surface area contributed by atoms with Gasteiger partial charge in [-0.1, -0.05) is 25.4 Å². The molecule has 0 bridgehead atoms. The van der Waals surface area contributed by atoms with Gasteiger partial charge in [-0.05, 0) is 43.5 Å². The predicted octanol–water partition coefficient (Wildman–Crippen LogP) is 1.98. The maximum Gasteiger partial charge on any atom is 0.244 e. The molecule has 25 heavy (non-hydrogen) atoms. The average molecular weight is 394 g/mol. The molecule has 1 atom stereocenters. The lowest BCUT2D eigenvalue weighted by Crippen LogP contribution is -2.43. The predicted molar refractivity (Wildman–Crippen MR) is 96.3 cm³/mol. The molecule has 0 saturated carbocycles. The summed E-state index contributed by atoms with van der Waals surface area (Å²) in [5.41, 5.74) is 5.35. The molecule has 6 nitrogen and oxygen atoms in total. The van der Waals surface area contributed by atoms with Crippen LogP contribution in [0.15, 0.2) is 23.1 Å². The Morgan fingerprint density at radius 1 is 1.40 bits per heavy atom. The van der Waals surface area contributed by atoms with Crippen LogP contribution < -0.4 is 11.1 Å². The number of hydrogen-bond donors (Lipinski definition) is 2. The summed E-state index contributed by atoms with van der Waals surface area (Å²) in [4.78, 5) is 11.2. The fraction of sp³-hybridized carbons (Fsp3) is 0.562. The summed E-state index contributed by atoms with van der Waals surface area (Å²) in [6, 6.07) is 2.73. The number of sulfonamides is 1. The first-order valence-corrected chi connectivity index (χ1v) is 9.81. The molecular formula is C16H25ClFN3O3S. The van der Waals surface area contributed by atoms with Crippen molar-refractivity contribution in [3.63, 3.8) is 0 Å². The molecule has 1 aromatic carbocycles. The minimum absolute atomic E-state index is 0.138. The van der Waals surface area contributed by atoms with Crippen molar-refractivity contribution in [2.24, 2.45) is 11.7 Å². The molecule has 142 valence electrons. The standard InChI is InChI=1S/C16H25ClFN3O3S/c1-11(2)9-14(16(19)22)20-7-4-8-21(3)25(23,24)15-6-5-12(18)10-13(15)17/h5-6,10-11,14,20H,4,7-9H2,1-3H3,(H2,19,22)/t14-/m0/s1. The zero-order valence-electron chi connectivity index (χ0n) is 14.6. The summed E-state index contributed by atoms with van der Waals surface area (Å²) < 4.78 is 39.2. The van der Waals surface area contributed by atoms with Crippen molar-refractivity contribution in [3.8, 4) is 0 Å². The van der Waals surface area contributed by atoms with E-state index in [2.05, 4.69) is 5.32 Å². The summed E-state index contributed by atoms with van der Waals surface area (Å²) in [5, 5.41) is 2.89. The monoisotopic (exact) mass is 393 g/mol. The molecule has 1 amide bonds. The van der Waals surface area contributed by atoms with E-state index in [0.717, 1.165) is 22.5 Å². The third-order valence-electron chi connectivity index (χ3n) is 3.67. The number of nitrogens with two attached hydrogens (primary N) is 1. The number of hydrogen-bond acceptors (Lipinski definition) is 4. The van der Waals surface area contributed by atoms with Gasteiger partial charge in [0.1, 0.15) is 10.7 Å². The maximum absolute atomic E-state index is 13.1. The van der Waals surface area contributed by atoms with Gasteiger partial charge >= 0.3 is 0 Å². The Morgan fingerprint density at radius 2 is 2.04 bits per heavy atom. The van der Waals surface area contributed by atoms with Gasteiger partial charge in [-0.25, -0.2) is 17.1 Å². The number of nitrogens with one attached hydrogen (secondary N) is 1. The van der Waals surface area contributed by atoms with E-state index in [9.17, 15) is 17.6 Å². The third kappa shape index (κ3) is 6.54. The molecule has 3 N–H and O–H groups in total. The van der Waals surface area contributed by atoms with E-state index < -0.39 is 27.8 Å². The van der Waals surface area contributed by atoms with Crippen molar-refractivity contribution in [3.05, 3.63) is 29.0 Å². The fourth-order valence-electron chi connectivity index (χ4n) is 2.32. The van der Waals surface area contributed by atoms with Crippen LogP contribution in [0.4, 0.5) is 4.39 Å². The topological polar surface area (TPSA) is 92.5 Å². The molecule has 1 aromatic rings. The van der Waals surface area contributed by atoms with Crippen LogP contribution in [0.3, 0.4) is 0 Å². The number of rotatable bonds is 10. The lowest BCUT2D eigenvalue weighted by molar-refractivity contribution is -0.120. The highest BCUT2D eigenvalue weighted by Gasteiger charge is 2.23. The Balaban J connectivity index is 2.61. The first-order valence-electron chi connectivity index (χ1n) is 7.99. The quantitative estimate of drug-likeness (QED) is 0.594. The van der Waals surface area contributed by atoms with Gasteiger partial charge in [0.25, 0.3) is 0 Å². The Labute approximate surface area is 153 Å². The second kappa shape index (κ2) is 9.47. The SMILES string of the molecule is CC(C)C[C@H](NCCCN(C)S(=O)(=O)c1ccc(F)cc1Cl)C(N)=O. The molecule has 0 radical (unpaired) electrons. The van der Waals surface area contributed by atoms with Gasteiger partial charge in [0.15, 0.2) is 0 Å². The Morgan fingerprint density at radius 3 is 2.56 bits per heavy atom. The van der Waals surface area contributed by atoms with Crippen molar-refractivity contribution in [2.75, 3.05) is 20.1 Å². The molecule has 0 aliphatic heterocycles. The van der Waals surface area contributed by atoms with E-state index in [-0.39, 0.29) is 16.5 Å². The van der Waals surface area contributed by atoms with Crippen LogP contribution in [0.1, 0.15) is 26.7 Å². The van der Waals surface area contributed by atoms with Crippen molar-refractivity contribution in [2.45, 2.75) is 37.6 Å². The first-order chi connectivity index (χ1) is 11.6. The number of nitrogens with zero attached hydrogens (tertiary/aromatic N) is 1. The lowest BCUT2D eigenvalue weighted by Gasteiger charge is -2.20. The van der Waals surface area contributed by atoms with Gasteiger partial charge in [0.2, 0.25) is 15.9 Å². The number of halogens is 2. The van der Waals surface area contributed by atoms with Gasteiger partial charge in [0.05, 0.1) is 11.1 Å². The number of carbonyl (C=O) groups is 1. The highest BCUT2D eigenvalue weighted by molar-refractivity contribution is 7.89. The van der Waals surface area contributed by atoms with E-state index in [1.807, 2.05) is 13.8 Å².